The number of para-hydroxylation sites is 1. The van der Waals surface area contributed by atoms with Crippen LogP contribution in [-0.4, -0.2) is 57.0 Å². The minimum absolute atomic E-state index is 0. The number of hydrogen-bond donors (Lipinski definition) is 2. The molecule has 0 bridgehead atoms. The third-order valence-corrected chi connectivity index (χ3v) is 5.83. The zero-order chi connectivity index (χ0) is 19.1. The Hall–Kier alpha value is -1.85. The Morgan fingerprint density at radius 3 is 2.46 bits per heavy atom. The zero-order valence-corrected chi connectivity index (χ0v) is 18.6. The molecule has 9 heteroatoms. The molecule has 0 saturated carbocycles. The van der Waals surface area contributed by atoms with Crippen LogP contribution < -0.4 is 15.8 Å². The average Bonchev–Trinajstić information content (AvgIpc) is 2.64. The highest BCUT2D eigenvalue weighted by molar-refractivity contribution is 14.0. The predicted molar refractivity (Wildman–Crippen MR) is 124 cm³/mol. The molecule has 0 radical (unpaired) electrons. The van der Waals surface area contributed by atoms with E-state index in [0.29, 0.717) is 37.9 Å². The molecule has 7 nitrogen and oxygen atoms in total. The maximum Gasteiger partial charge on any atom is 0.193 e. The molecule has 1 saturated heterocycles. The minimum atomic E-state index is -2.85. The molecule has 0 amide bonds. The molecule has 1 fully saturated rings. The van der Waals surface area contributed by atoms with Gasteiger partial charge in [-0.25, -0.2) is 8.42 Å². The van der Waals surface area contributed by atoms with E-state index < -0.39 is 9.84 Å². The number of nitrogens with two attached hydrogens (primary N) is 1. The van der Waals surface area contributed by atoms with Gasteiger partial charge in [-0.05, 0) is 24.3 Å². The van der Waals surface area contributed by atoms with Crippen LogP contribution in [0.4, 0.5) is 5.69 Å². The fourth-order valence-corrected chi connectivity index (χ4v) is 4.01. The first-order valence-electron chi connectivity index (χ1n) is 8.83. The van der Waals surface area contributed by atoms with Gasteiger partial charge in [0.1, 0.15) is 11.5 Å². The Kier molecular flexibility index (Phi) is 8.52. The van der Waals surface area contributed by atoms with E-state index in [0.717, 1.165) is 11.4 Å². The van der Waals surface area contributed by atoms with E-state index in [4.69, 9.17) is 10.5 Å². The van der Waals surface area contributed by atoms with Crippen LogP contribution in [0, 0.1) is 0 Å². The van der Waals surface area contributed by atoms with Crippen LogP contribution in [0.2, 0.25) is 0 Å². The van der Waals surface area contributed by atoms with Crippen molar-refractivity contribution in [1.82, 2.24) is 4.90 Å². The Morgan fingerprint density at radius 2 is 1.75 bits per heavy atom. The van der Waals surface area contributed by atoms with E-state index in [2.05, 4.69) is 15.2 Å². The minimum Gasteiger partial charge on any atom is -0.457 e. The number of anilines is 1. The lowest BCUT2D eigenvalue weighted by atomic mass is 10.3. The summed E-state index contributed by atoms with van der Waals surface area (Å²) in [5, 5.41) is 3.05. The quantitative estimate of drug-likeness (QED) is 0.348. The molecule has 0 atom stereocenters. The highest BCUT2D eigenvalue weighted by Crippen LogP contribution is 2.23. The number of nitrogens with one attached hydrogen (secondary N) is 1. The van der Waals surface area contributed by atoms with Gasteiger partial charge in [-0.3, -0.25) is 9.89 Å². The smallest absolute Gasteiger partial charge is 0.193 e. The second-order valence-corrected chi connectivity index (χ2v) is 8.63. The molecule has 3 N–H and O–H groups in total. The lowest BCUT2D eigenvalue weighted by Crippen LogP contribution is -2.41. The van der Waals surface area contributed by atoms with E-state index in [9.17, 15) is 8.42 Å². The maximum atomic E-state index is 11.4. The summed E-state index contributed by atoms with van der Waals surface area (Å²) in [7, 11) is -2.85. The summed E-state index contributed by atoms with van der Waals surface area (Å²) in [5.41, 5.74) is 6.74. The third-order valence-electron chi connectivity index (χ3n) is 4.22. The third kappa shape index (κ3) is 7.28. The van der Waals surface area contributed by atoms with Gasteiger partial charge in [-0.2, -0.15) is 0 Å². The number of guanidine groups is 1. The molecule has 28 heavy (non-hydrogen) atoms. The van der Waals surface area contributed by atoms with E-state index in [-0.39, 0.29) is 35.5 Å². The second kappa shape index (κ2) is 10.6. The lowest BCUT2D eigenvalue weighted by Gasteiger charge is -2.25. The van der Waals surface area contributed by atoms with Crippen molar-refractivity contribution in [2.75, 3.05) is 43.0 Å². The Morgan fingerprint density at radius 1 is 1.07 bits per heavy atom. The molecule has 1 aliphatic rings. The van der Waals surface area contributed by atoms with Crippen LogP contribution in [0.3, 0.4) is 0 Å². The van der Waals surface area contributed by atoms with Crippen molar-refractivity contribution in [2.24, 2.45) is 10.7 Å². The summed E-state index contributed by atoms with van der Waals surface area (Å²) in [5.74, 6) is 2.22. The number of nitrogens with zero attached hydrogens (tertiary/aromatic N) is 2. The van der Waals surface area contributed by atoms with Gasteiger partial charge < -0.3 is 15.8 Å². The first-order chi connectivity index (χ1) is 13.0. The van der Waals surface area contributed by atoms with Crippen LogP contribution in [0.15, 0.2) is 59.6 Å². The van der Waals surface area contributed by atoms with Crippen molar-refractivity contribution in [3.05, 3.63) is 54.6 Å². The van der Waals surface area contributed by atoms with Gasteiger partial charge >= 0.3 is 0 Å². The molecule has 1 aliphatic heterocycles. The van der Waals surface area contributed by atoms with Gasteiger partial charge in [0, 0.05) is 31.4 Å². The predicted octanol–water partition coefficient (Wildman–Crippen LogP) is 2.55. The molecular formula is C19H25IN4O3S. The summed E-state index contributed by atoms with van der Waals surface area (Å²) >= 11 is 0. The molecule has 1 heterocycles. The zero-order valence-electron chi connectivity index (χ0n) is 15.5. The van der Waals surface area contributed by atoms with Crippen LogP contribution in [0.1, 0.15) is 0 Å². The van der Waals surface area contributed by atoms with E-state index in [1.165, 1.54) is 0 Å². The molecule has 2 aromatic carbocycles. The maximum absolute atomic E-state index is 11.4. The van der Waals surface area contributed by atoms with Crippen LogP contribution in [-0.2, 0) is 9.84 Å². The van der Waals surface area contributed by atoms with Gasteiger partial charge in [-0.15, -0.1) is 24.0 Å². The second-order valence-electron chi connectivity index (χ2n) is 6.33. The van der Waals surface area contributed by atoms with Crippen molar-refractivity contribution >= 4 is 45.5 Å². The number of rotatable bonds is 6. The topological polar surface area (TPSA) is 97.0 Å². The van der Waals surface area contributed by atoms with E-state index >= 15 is 0 Å². The molecule has 3 rings (SSSR count). The fraction of sp³-hybridized carbons (Fsp3) is 0.316. The first kappa shape index (κ1) is 22.4. The summed E-state index contributed by atoms with van der Waals surface area (Å²) < 4.78 is 28.7. The summed E-state index contributed by atoms with van der Waals surface area (Å²) in [6.45, 7) is 2.32. The molecule has 0 aliphatic carbocycles. The Bertz CT molecular complexity index is 877. The first-order valence-corrected chi connectivity index (χ1v) is 10.6. The highest BCUT2D eigenvalue weighted by Gasteiger charge is 2.20. The normalized spacial score (nSPS) is 16.8. The van der Waals surface area contributed by atoms with Crippen molar-refractivity contribution in [3.8, 4) is 11.5 Å². The summed E-state index contributed by atoms with van der Waals surface area (Å²) in [6.07, 6.45) is 0. The molecule has 0 unspecified atom stereocenters. The molecular weight excluding hydrogens is 491 g/mol. The number of benzene rings is 2. The van der Waals surface area contributed by atoms with E-state index in [1.54, 1.807) is 0 Å². The highest BCUT2D eigenvalue weighted by atomic mass is 127. The van der Waals surface area contributed by atoms with Crippen molar-refractivity contribution in [2.45, 2.75) is 0 Å². The van der Waals surface area contributed by atoms with Crippen molar-refractivity contribution in [1.29, 1.82) is 0 Å². The number of halogens is 1. The van der Waals surface area contributed by atoms with Crippen molar-refractivity contribution < 1.29 is 13.2 Å². The standard InChI is InChI=1S/C19H24N4O3S.HI/c20-19(21-9-10-23-11-13-27(24,25)14-12-23)22-16-5-4-8-18(15-16)26-17-6-2-1-3-7-17;/h1-8,15H,9-14H2,(H3,20,21,22);1H. The molecule has 2 aromatic rings. The Balaban J connectivity index is 0.00000280. The monoisotopic (exact) mass is 516 g/mol. The number of ether oxygens (including phenoxy) is 1. The van der Waals surface area contributed by atoms with Crippen molar-refractivity contribution in [3.63, 3.8) is 0 Å². The average molecular weight is 516 g/mol. The van der Waals surface area contributed by atoms with Gasteiger partial charge in [0.15, 0.2) is 15.8 Å². The summed E-state index contributed by atoms with van der Waals surface area (Å²) in [4.78, 5) is 6.40. The molecule has 152 valence electrons. The van der Waals surface area contributed by atoms with Gasteiger partial charge in [0.2, 0.25) is 0 Å². The number of aliphatic imine (C=N–C) groups is 1. The van der Waals surface area contributed by atoms with Crippen LogP contribution in [0.25, 0.3) is 0 Å². The van der Waals surface area contributed by atoms with E-state index in [1.807, 2.05) is 54.6 Å². The largest absolute Gasteiger partial charge is 0.457 e. The van der Waals surface area contributed by atoms with Crippen LogP contribution in [0.5, 0.6) is 11.5 Å². The van der Waals surface area contributed by atoms with Gasteiger partial charge in [0.25, 0.3) is 0 Å². The summed E-state index contributed by atoms with van der Waals surface area (Å²) in [6, 6.07) is 17.0. The lowest BCUT2D eigenvalue weighted by molar-refractivity contribution is 0.304. The molecule has 0 spiro atoms. The fourth-order valence-electron chi connectivity index (χ4n) is 2.74. The van der Waals surface area contributed by atoms with Gasteiger partial charge in [-0.1, -0.05) is 24.3 Å². The molecule has 0 aromatic heterocycles. The van der Waals surface area contributed by atoms with Gasteiger partial charge in [0.05, 0.1) is 18.1 Å². The SMILES string of the molecule is I.NC(=NCCN1CCS(=O)(=O)CC1)Nc1cccc(Oc2ccccc2)c1. The Labute approximate surface area is 182 Å². The number of hydrogen-bond acceptors (Lipinski definition) is 5. The number of sulfone groups is 1. The van der Waals surface area contributed by atoms with Crippen LogP contribution >= 0.6 is 24.0 Å².